The van der Waals surface area contributed by atoms with Gasteiger partial charge in [0.25, 0.3) is 0 Å². The van der Waals surface area contributed by atoms with E-state index in [1.54, 1.807) is 0 Å². The molecule has 0 heterocycles. The molecule has 0 saturated carbocycles. The Bertz CT molecular complexity index is 48.4. The quantitative estimate of drug-likeness (QED) is 0.749. The first-order chi connectivity index (χ1) is 3.12. The van der Waals surface area contributed by atoms with Crippen molar-refractivity contribution >= 4 is 0 Å². The van der Waals surface area contributed by atoms with E-state index in [2.05, 4.69) is 0 Å². The van der Waals surface area contributed by atoms with Crippen LogP contribution in [0.15, 0.2) is 0 Å². The maximum Gasteiger partial charge on any atom is 2.00 e. The van der Waals surface area contributed by atoms with E-state index in [1.807, 2.05) is 13.8 Å². The van der Waals surface area contributed by atoms with Gasteiger partial charge in [0.15, 0.2) is 0 Å². The van der Waals surface area contributed by atoms with Crippen molar-refractivity contribution in [3.63, 3.8) is 0 Å². The van der Waals surface area contributed by atoms with Gasteiger partial charge in [-0.2, -0.15) is 0 Å². The predicted molar refractivity (Wildman–Crippen MR) is 31.9 cm³/mol. The first-order valence-corrected chi connectivity index (χ1v) is 2.52. The van der Waals surface area contributed by atoms with Crippen LogP contribution >= 0.6 is 0 Å². The minimum Gasteiger partial charge on any atom is -0.330 e. The molecule has 0 aliphatic carbocycles. The van der Waals surface area contributed by atoms with Crippen molar-refractivity contribution in [1.29, 1.82) is 0 Å². The Labute approximate surface area is 65.3 Å². The zero-order valence-electron chi connectivity index (χ0n) is 5.39. The van der Waals surface area contributed by atoms with E-state index in [9.17, 15) is 0 Å². The fourth-order valence-electron chi connectivity index (χ4n) is 0.0833. The monoisotopic (exact) mass is 297 g/mol. The predicted octanol–water partition coefficient (Wildman–Crippen LogP) is -0.0725. The molecule has 4 N–H and O–H groups in total. The van der Waals surface area contributed by atoms with E-state index in [0.29, 0.717) is 13.1 Å². The first kappa shape index (κ1) is 11.4. The van der Waals surface area contributed by atoms with Gasteiger partial charge in [0, 0.05) is 0 Å². The molecule has 2 nitrogen and oxygen atoms in total. The molecule has 0 fully saturated rings. The molecule has 0 unspecified atom stereocenters. The van der Waals surface area contributed by atoms with Crippen molar-refractivity contribution in [2.75, 3.05) is 13.1 Å². The molecular formula is C5H14N2Pt+2. The normalized spacial score (nSPS) is 10.5. The maximum atomic E-state index is 5.34. The van der Waals surface area contributed by atoms with E-state index in [1.165, 1.54) is 0 Å². The fourth-order valence-corrected chi connectivity index (χ4v) is 0.0833. The van der Waals surface area contributed by atoms with E-state index in [-0.39, 0.29) is 26.5 Å². The SMILES string of the molecule is CC(C)(CN)CN.[Pt+2]. The number of hydrogen-bond donors (Lipinski definition) is 2. The van der Waals surface area contributed by atoms with E-state index in [0.717, 1.165) is 0 Å². The van der Waals surface area contributed by atoms with E-state index < -0.39 is 0 Å². The van der Waals surface area contributed by atoms with Gasteiger partial charge in [0.1, 0.15) is 0 Å². The average Bonchev–Trinajstić information content (AvgIpc) is 1.68. The van der Waals surface area contributed by atoms with Crippen LogP contribution in [0.25, 0.3) is 0 Å². The minimum absolute atomic E-state index is 0. The van der Waals surface area contributed by atoms with Crippen LogP contribution in [-0.4, -0.2) is 13.1 Å². The van der Waals surface area contributed by atoms with Crippen molar-refractivity contribution in [3.05, 3.63) is 0 Å². The Morgan fingerprint density at radius 1 is 1.12 bits per heavy atom. The molecule has 0 saturated heterocycles. The molecule has 52 valence electrons. The third kappa shape index (κ3) is 4.76. The van der Waals surface area contributed by atoms with Crippen molar-refractivity contribution in [1.82, 2.24) is 0 Å². The first-order valence-electron chi connectivity index (χ1n) is 2.52. The van der Waals surface area contributed by atoms with Gasteiger partial charge in [-0.25, -0.2) is 0 Å². The Hall–Kier alpha value is 0.608. The molecule has 8 heavy (non-hydrogen) atoms. The summed E-state index contributed by atoms with van der Waals surface area (Å²) in [6, 6.07) is 0. The molecule has 3 heteroatoms. The van der Waals surface area contributed by atoms with Gasteiger partial charge in [-0.1, -0.05) is 13.8 Å². The maximum absolute atomic E-state index is 5.34. The molecule has 0 rings (SSSR count). The number of nitrogens with two attached hydrogens (primary N) is 2. The molecule has 0 spiro atoms. The van der Waals surface area contributed by atoms with Gasteiger partial charge in [0.05, 0.1) is 0 Å². The summed E-state index contributed by atoms with van der Waals surface area (Å²) in [7, 11) is 0. The van der Waals surface area contributed by atoms with Crippen molar-refractivity contribution in [3.8, 4) is 0 Å². The Morgan fingerprint density at radius 3 is 1.38 bits per heavy atom. The second kappa shape index (κ2) is 4.48. The molecule has 0 aromatic rings. The summed E-state index contributed by atoms with van der Waals surface area (Å²) in [4.78, 5) is 0. The van der Waals surface area contributed by atoms with Gasteiger partial charge in [-0.15, -0.1) is 0 Å². The average molecular weight is 297 g/mol. The second-order valence-electron chi connectivity index (χ2n) is 2.57. The zero-order valence-corrected chi connectivity index (χ0v) is 7.66. The third-order valence-electron chi connectivity index (χ3n) is 1.11. The summed E-state index contributed by atoms with van der Waals surface area (Å²) < 4.78 is 0. The van der Waals surface area contributed by atoms with Gasteiger partial charge in [0.2, 0.25) is 0 Å². The minimum atomic E-state index is 0. The fraction of sp³-hybridized carbons (Fsp3) is 1.00. The van der Waals surface area contributed by atoms with Crippen molar-refractivity contribution in [2.45, 2.75) is 13.8 Å². The molecule has 0 atom stereocenters. The van der Waals surface area contributed by atoms with Gasteiger partial charge < -0.3 is 11.5 Å². The Balaban J connectivity index is 0. The van der Waals surface area contributed by atoms with Crippen molar-refractivity contribution < 1.29 is 21.1 Å². The summed E-state index contributed by atoms with van der Waals surface area (Å²) in [5, 5.41) is 0. The summed E-state index contributed by atoms with van der Waals surface area (Å²) in [5.74, 6) is 0. The molecule has 0 aromatic heterocycles. The van der Waals surface area contributed by atoms with Crippen LogP contribution in [0.5, 0.6) is 0 Å². The molecule has 0 aromatic carbocycles. The second-order valence-corrected chi connectivity index (χ2v) is 2.57. The summed E-state index contributed by atoms with van der Waals surface area (Å²) in [5.41, 5.74) is 10.8. The van der Waals surface area contributed by atoms with E-state index in [4.69, 9.17) is 11.5 Å². The molecular weight excluding hydrogens is 283 g/mol. The zero-order chi connectivity index (χ0) is 5.91. The van der Waals surface area contributed by atoms with Crippen LogP contribution in [-0.2, 0) is 21.1 Å². The Kier molecular flexibility index (Phi) is 6.40. The van der Waals surface area contributed by atoms with Crippen molar-refractivity contribution in [2.24, 2.45) is 16.9 Å². The molecule has 0 radical (unpaired) electrons. The van der Waals surface area contributed by atoms with Crippen LogP contribution in [0.1, 0.15) is 13.8 Å². The van der Waals surface area contributed by atoms with Crippen LogP contribution in [0.4, 0.5) is 0 Å². The van der Waals surface area contributed by atoms with E-state index >= 15 is 0 Å². The van der Waals surface area contributed by atoms with Crippen LogP contribution in [0.2, 0.25) is 0 Å². The van der Waals surface area contributed by atoms with Gasteiger partial charge in [-0.05, 0) is 18.5 Å². The summed E-state index contributed by atoms with van der Waals surface area (Å²) in [6.07, 6.45) is 0. The summed E-state index contributed by atoms with van der Waals surface area (Å²) >= 11 is 0. The van der Waals surface area contributed by atoms with Gasteiger partial charge >= 0.3 is 21.1 Å². The Morgan fingerprint density at radius 2 is 1.38 bits per heavy atom. The number of hydrogen-bond acceptors (Lipinski definition) is 2. The topological polar surface area (TPSA) is 52.0 Å². The van der Waals surface area contributed by atoms with Crippen LogP contribution in [0, 0.1) is 5.41 Å². The smallest absolute Gasteiger partial charge is 0.330 e. The largest absolute Gasteiger partial charge is 2.00 e. The standard InChI is InChI=1S/C5H14N2.Pt/c1-5(2,3-6)4-7;/h3-4,6-7H2,1-2H3;/q;+2. The molecule has 0 amide bonds. The molecule has 0 aliphatic heterocycles. The molecule has 0 aliphatic rings. The number of rotatable bonds is 2. The van der Waals surface area contributed by atoms with Gasteiger partial charge in [-0.3, -0.25) is 0 Å². The summed E-state index contributed by atoms with van der Waals surface area (Å²) in [6.45, 7) is 5.44. The van der Waals surface area contributed by atoms with Crippen LogP contribution in [0.3, 0.4) is 0 Å². The third-order valence-corrected chi connectivity index (χ3v) is 1.11. The molecule has 0 bridgehead atoms. The van der Waals surface area contributed by atoms with Crippen LogP contribution < -0.4 is 11.5 Å².